The molecule has 0 saturated carbocycles. The molecule has 1 heterocycles. The molecule has 0 radical (unpaired) electrons. The van der Waals surface area contributed by atoms with E-state index in [0.717, 1.165) is 10.2 Å². The number of nitrogens with one attached hydrogen (secondary N) is 2. The predicted molar refractivity (Wildman–Crippen MR) is 71.3 cm³/mol. The van der Waals surface area contributed by atoms with Crippen molar-refractivity contribution < 1.29 is 4.79 Å². The van der Waals surface area contributed by atoms with E-state index in [2.05, 4.69) is 31.5 Å². The number of aryl methyl sites for hydroxylation is 1. The molecule has 0 aliphatic rings. The maximum atomic E-state index is 11.1. The number of anilines is 1. The minimum Gasteiger partial charge on any atom is -0.317 e. The van der Waals surface area contributed by atoms with E-state index < -0.39 is 0 Å². The number of hydrogen-bond donors (Lipinski definition) is 2. The first-order valence-electron chi connectivity index (χ1n) is 4.77. The third-order valence-corrected chi connectivity index (χ3v) is 2.88. The monoisotopic (exact) mass is 301 g/mol. The van der Waals surface area contributed by atoms with E-state index in [-0.39, 0.29) is 11.0 Å². The summed E-state index contributed by atoms with van der Waals surface area (Å²) in [6, 6.07) is 3.65. The summed E-state index contributed by atoms with van der Waals surface area (Å²) in [6.45, 7) is 3.64. The highest BCUT2D eigenvalue weighted by molar-refractivity contribution is 9.10. The van der Waals surface area contributed by atoms with Crippen LogP contribution in [0.3, 0.4) is 0 Å². The lowest BCUT2D eigenvalue weighted by Crippen LogP contribution is -2.33. The molecule has 0 aliphatic heterocycles. The predicted octanol–water partition coefficient (Wildman–Crippen LogP) is 2.38. The molecule has 0 bridgehead atoms. The molecule has 1 amide bonds. The SMILES string of the molecule is CCC(=O)NC(=S)Nc1ccc(Br)c(C)n1. The molecule has 16 heavy (non-hydrogen) atoms. The molecular weight excluding hydrogens is 290 g/mol. The summed E-state index contributed by atoms with van der Waals surface area (Å²) in [6.07, 6.45) is 0.397. The van der Waals surface area contributed by atoms with E-state index in [0.29, 0.717) is 12.2 Å². The first-order valence-corrected chi connectivity index (χ1v) is 5.97. The van der Waals surface area contributed by atoms with Gasteiger partial charge in [-0.1, -0.05) is 6.92 Å². The minimum absolute atomic E-state index is 0.119. The maximum absolute atomic E-state index is 11.1. The van der Waals surface area contributed by atoms with Gasteiger partial charge in [0.05, 0.1) is 5.69 Å². The van der Waals surface area contributed by atoms with Crippen LogP contribution < -0.4 is 10.6 Å². The van der Waals surface area contributed by atoms with Crippen LogP contribution in [0.4, 0.5) is 5.82 Å². The van der Waals surface area contributed by atoms with Gasteiger partial charge in [-0.3, -0.25) is 4.79 Å². The van der Waals surface area contributed by atoms with Crippen LogP contribution in [0, 0.1) is 6.92 Å². The lowest BCUT2D eigenvalue weighted by atomic mass is 10.4. The van der Waals surface area contributed by atoms with Gasteiger partial charge in [0.15, 0.2) is 5.11 Å². The van der Waals surface area contributed by atoms with Crippen molar-refractivity contribution in [2.75, 3.05) is 5.32 Å². The summed E-state index contributed by atoms with van der Waals surface area (Å²) < 4.78 is 0.932. The third kappa shape index (κ3) is 3.86. The van der Waals surface area contributed by atoms with Gasteiger partial charge < -0.3 is 10.6 Å². The second-order valence-corrected chi connectivity index (χ2v) is 4.38. The van der Waals surface area contributed by atoms with Crippen LogP contribution in [0.25, 0.3) is 0 Å². The zero-order valence-electron chi connectivity index (χ0n) is 9.00. The summed E-state index contributed by atoms with van der Waals surface area (Å²) in [5, 5.41) is 5.65. The molecule has 2 N–H and O–H groups in total. The number of nitrogens with zero attached hydrogens (tertiary/aromatic N) is 1. The van der Waals surface area contributed by atoms with E-state index in [1.807, 2.05) is 13.0 Å². The molecule has 0 fully saturated rings. The number of halogens is 1. The molecule has 0 aliphatic carbocycles. The first-order chi connectivity index (χ1) is 7.52. The Morgan fingerprint density at radius 3 is 2.81 bits per heavy atom. The van der Waals surface area contributed by atoms with Gasteiger partial charge >= 0.3 is 0 Å². The van der Waals surface area contributed by atoms with Gasteiger partial charge in [0.25, 0.3) is 0 Å². The van der Waals surface area contributed by atoms with Crippen molar-refractivity contribution in [2.24, 2.45) is 0 Å². The summed E-state index contributed by atoms with van der Waals surface area (Å²) in [4.78, 5) is 15.3. The Morgan fingerprint density at radius 2 is 2.25 bits per heavy atom. The van der Waals surface area contributed by atoms with Gasteiger partial charge in [-0.25, -0.2) is 4.98 Å². The van der Waals surface area contributed by atoms with E-state index in [1.54, 1.807) is 13.0 Å². The Balaban J connectivity index is 2.63. The number of pyridine rings is 1. The minimum atomic E-state index is -0.119. The van der Waals surface area contributed by atoms with Crippen molar-refractivity contribution in [1.29, 1.82) is 0 Å². The molecular formula is C10H12BrN3OS. The summed E-state index contributed by atoms with van der Waals surface area (Å²) >= 11 is 8.31. The van der Waals surface area contributed by atoms with Crippen molar-refractivity contribution in [2.45, 2.75) is 20.3 Å². The molecule has 4 nitrogen and oxygen atoms in total. The highest BCUT2D eigenvalue weighted by Gasteiger charge is 2.04. The number of carbonyl (C=O) groups is 1. The number of hydrogen-bond acceptors (Lipinski definition) is 3. The van der Waals surface area contributed by atoms with Gasteiger partial charge in [-0.05, 0) is 47.2 Å². The van der Waals surface area contributed by atoms with Gasteiger partial charge in [-0.2, -0.15) is 0 Å². The summed E-state index contributed by atoms with van der Waals surface area (Å²) in [5.41, 5.74) is 0.856. The fraction of sp³-hybridized carbons (Fsp3) is 0.300. The topological polar surface area (TPSA) is 54.0 Å². The lowest BCUT2D eigenvalue weighted by Gasteiger charge is -2.08. The highest BCUT2D eigenvalue weighted by Crippen LogP contribution is 2.15. The average molecular weight is 302 g/mol. The summed E-state index contributed by atoms with van der Waals surface area (Å²) in [7, 11) is 0. The largest absolute Gasteiger partial charge is 0.317 e. The molecule has 1 aromatic rings. The Morgan fingerprint density at radius 1 is 1.56 bits per heavy atom. The van der Waals surface area contributed by atoms with Crippen LogP contribution in [0.1, 0.15) is 19.0 Å². The Hall–Kier alpha value is -1.01. The zero-order chi connectivity index (χ0) is 12.1. The van der Waals surface area contributed by atoms with E-state index in [1.165, 1.54) is 0 Å². The average Bonchev–Trinajstić information content (AvgIpc) is 2.23. The van der Waals surface area contributed by atoms with Gasteiger partial charge in [0.2, 0.25) is 5.91 Å². The van der Waals surface area contributed by atoms with E-state index >= 15 is 0 Å². The Bertz CT molecular complexity index is 423. The Kier molecular flexibility index (Phi) is 4.82. The smallest absolute Gasteiger partial charge is 0.225 e. The van der Waals surface area contributed by atoms with Crippen LogP contribution in [-0.2, 0) is 4.79 Å². The Labute approximate surface area is 108 Å². The molecule has 0 saturated heterocycles. The van der Waals surface area contributed by atoms with Crippen molar-refractivity contribution in [3.8, 4) is 0 Å². The fourth-order valence-electron chi connectivity index (χ4n) is 0.976. The molecule has 0 aromatic carbocycles. The number of rotatable bonds is 2. The molecule has 6 heteroatoms. The maximum Gasteiger partial charge on any atom is 0.225 e. The van der Waals surface area contributed by atoms with Crippen molar-refractivity contribution in [1.82, 2.24) is 10.3 Å². The van der Waals surface area contributed by atoms with Crippen molar-refractivity contribution in [3.05, 3.63) is 22.3 Å². The van der Waals surface area contributed by atoms with E-state index in [9.17, 15) is 4.79 Å². The molecule has 1 rings (SSSR count). The van der Waals surface area contributed by atoms with Crippen LogP contribution >= 0.6 is 28.1 Å². The number of carbonyl (C=O) groups excluding carboxylic acids is 1. The zero-order valence-corrected chi connectivity index (χ0v) is 11.4. The normalized spacial score (nSPS) is 9.69. The van der Waals surface area contributed by atoms with Gasteiger partial charge in [0.1, 0.15) is 5.82 Å². The first kappa shape index (κ1) is 13.1. The highest BCUT2D eigenvalue weighted by atomic mass is 79.9. The van der Waals surface area contributed by atoms with Crippen molar-refractivity contribution in [3.63, 3.8) is 0 Å². The van der Waals surface area contributed by atoms with Crippen LogP contribution in [0.15, 0.2) is 16.6 Å². The second kappa shape index (κ2) is 5.91. The molecule has 0 spiro atoms. The van der Waals surface area contributed by atoms with Gasteiger partial charge in [-0.15, -0.1) is 0 Å². The standard InChI is InChI=1S/C10H12BrN3OS/c1-3-9(15)14-10(16)13-8-5-4-7(11)6(2)12-8/h4-5H,3H2,1-2H3,(H2,12,13,14,15,16). The van der Waals surface area contributed by atoms with Crippen LogP contribution in [0.2, 0.25) is 0 Å². The molecule has 1 aromatic heterocycles. The van der Waals surface area contributed by atoms with Crippen LogP contribution in [-0.4, -0.2) is 16.0 Å². The fourth-order valence-corrected chi connectivity index (χ4v) is 1.42. The summed E-state index contributed by atoms with van der Waals surface area (Å²) in [5.74, 6) is 0.494. The van der Waals surface area contributed by atoms with Gasteiger partial charge in [0, 0.05) is 10.9 Å². The number of aromatic nitrogens is 1. The molecule has 0 unspecified atom stereocenters. The molecule has 86 valence electrons. The quantitative estimate of drug-likeness (QED) is 0.824. The van der Waals surface area contributed by atoms with E-state index in [4.69, 9.17) is 12.2 Å². The second-order valence-electron chi connectivity index (χ2n) is 3.12. The number of thiocarbonyl (C=S) groups is 1. The third-order valence-electron chi connectivity index (χ3n) is 1.84. The lowest BCUT2D eigenvalue weighted by molar-refractivity contribution is -0.119. The molecule has 0 atom stereocenters. The van der Waals surface area contributed by atoms with Crippen LogP contribution in [0.5, 0.6) is 0 Å². The van der Waals surface area contributed by atoms with Crippen molar-refractivity contribution >= 4 is 45.0 Å². The number of amides is 1.